The molecule has 2 aliphatic rings. The first-order chi connectivity index (χ1) is 11.1. The van der Waals surface area contributed by atoms with Gasteiger partial charge in [-0.3, -0.25) is 14.4 Å². The van der Waals surface area contributed by atoms with Crippen molar-refractivity contribution in [1.29, 1.82) is 0 Å². The van der Waals surface area contributed by atoms with Crippen molar-refractivity contribution in [2.75, 3.05) is 19.6 Å². The molecule has 1 aromatic heterocycles. The molecule has 3 rings (SSSR count). The Labute approximate surface area is 138 Å². The molecule has 0 spiro atoms. The van der Waals surface area contributed by atoms with E-state index in [0.29, 0.717) is 23.9 Å². The fourth-order valence-electron chi connectivity index (χ4n) is 3.23. The third kappa shape index (κ3) is 3.72. The van der Waals surface area contributed by atoms with E-state index in [1.807, 2.05) is 5.38 Å². The number of amides is 2. The lowest BCUT2D eigenvalue weighted by atomic mass is 9.92. The number of hydrogen-bond donors (Lipinski definition) is 2. The number of carbonyl (C=O) groups is 3. The first-order valence-electron chi connectivity index (χ1n) is 7.88. The number of aliphatic carboxylic acids is 1. The summed E-state index contributed by atoms with van der Waals surface area (Å²) in [6, 6.07) is 3.54. The molecule has 0 unspecified atom stereocenters. The van der Waals surface area contributed by atoms with Crippen molar-refractivity contribution in [3.8, 4) is 0 Å². The number of nitrogens with one attached hydrogen (secondary N) is 1. The molecule has 1 saturated heterocycles. The largest absolute Gasteiger partial charge is 0.481 e. The van der Waals surface area contributed by atoms with Crippen LogP contribution in [0.15, 0.2) is 17.5 Å². The van der Waals surface area contributed by atoms with E-state index < -0.39 is 11.9 Å². The zero-order valence-electron chi connectivity index (χ0n) is 12.7. The topological polar surface area (TPSA) is 86.7 Å². The van der Waals surface area contributed by atoms with Gasteiger partial charge in [-0.2, -0.15) is 0 Å². The Bertz CT molecular complexity index is 597. The molecule has 0 radical (unpaired) electrons. The Morgan fingerprint density at radius 1 is 1.30 bits per heavy atom. The Morgan fingerprint density at radius 3 is 2.70 bits per heavy atom. The molecule has 1 saturated carbocycles. The number of carbonyl (C=O) groups excluding carboxylic acids is 2. The molecule has 0 aromatic carbocycles. The number of carboxylic acid groups (broad SMARTS) is 1. The highest BCUT2D eigenvalue weighted by atomic mass is 32.1. The van der Waals surface area contributed by atoms with Gasteiger partial charge in [-0.25, -0.2) is 0 Å². The number of thiophene rings is 1. The van der Waals surface area contributed by atoms with E-state index in [0.717, 1.165) is 12.8 Å². The monoisotopic (exact) mass is 336 g/mol. The Morgan fingerprint density at radius 2 is 2.09 bits per heavy atom. The number of rotatable bonds is 6. The van der Waals surface area contributed by atoms with Gasteiger partial charge in [0.25, 0.3) is 5.91 Å². The van der Waals surface area contributed by atoms with Crippen LogP contribution in [0.4, 0.5) is 0 Å². The second kappa shape index (κ2) is 6.70. The summed E-state index contributed by atoms with van der Waals surface area (Å²) in [6.45, 7) is 1.12. The zero-order chi connectivity index (χ0) is 16.4. The van der Waals surface area contributed by atoms with Crippen LogP contribution in [0.3, 0.4) is 0 Å². The average molecular weight is 336 g/mol. The maximum atomic E-state index is 12.3. The Balaban J connectivity index is 1.47. The minimum Gasteiger partial charge on any atom is -0.481 e. The van der Waals surface area contributed by atoms with E-state index in [-0.39, 0.29) is 30.7 Å². The summed E-state index contributed by atoms with van der Waals surface area (Å²) in [6.07, 6.45) is 2.36. The van der Waals surface area contributed by atoms with Gasteiger partial charge in [0.1, 0.15) is 0 Å². The summed E-state index contributed by atoms with van der Waals surface area (Å²) >= 11 is 1.36. The third-order valence-electron chi connectivity index (χ3n) is 4.63. The van der Waals surface area contributed by atoms with Crippen molar-refractivity contribution in [2.24, 2.45) is 17.8 Å². The summed E-state index contributed by atoms with van der Waals surface area (Å²) in [5, 5.41) is 13.9. The van der Waals surface area contributed by atoms with Crippen molar-refractivity contribution in [1.82, 2.24) is 10.2 Å². The molecular formula is C16H20N2O4S. The van der Waals surface area contributed by atoms with Gasteiger partial charge in [0.05, 0.1) is 10.8 Å². The summed E-state index contributed by atoms with van der Waals surface area (Å²) in [5.74, 6) is -0.931. The quantitative estimate of drug-likeness (QED) is 0.823. The van der Waals surface area contributed by atoms with Crippen LogP contribution in [0.1, 0.15) is 28.9 Å². The molecule has 1 aliphatic carbocycles. The lowest BCUT2D eigenvalue weighted by Gasteiger charge is -2.16. The summed E-state index contributed by atoms with van der Waals surface area (Å²) in [7, 11) is 0. The molecule has 2 N–H and O–H groups in total. The summed E-state index contributed by atoms with van der Waals surface area (Å²) < 4.78 is 0. The highest BCUT2D eigenvalue weighted by Crippen LogP contribution is 2.44. The van der Waals surface area contributed by atoms with E-state index in [4.69, 9.17) is 0 Å². The minimum atomic E-state index is -0.803. The first kappa shape index (κ1) is 16.0. The molecule has 2 amide bonds. The highest BCUT2D eigenvalue weighted by Gasteiger charge is 2.46. The fourth-order valence-corrected chi connectivity index (χ4v) is 3.87. The van der Waals surface area contributed by atoms with Crippen LogP contribution in [-0.2, 0) is 9.59 Å². The second-order valence-electron chi connectivity index (χ2n) is 6.23. The molecule has 1 aliphatic heterocycles. The second-order valence-corrected chi connectivity index (χ2v) is 7.18. The lowest BCUT2D eigenvalue weighted by Crippen LogP contribution is -2.33. The normalized spacial score (nSPS) is 23.7. The van der Waals surface area contributed by atoms with Gasteiger partial charge in [0.15, 0.2) is 0 Å². The molecular weight excluding hydrogens is 316 g/mol. The van der Waals surface area contributed by atoms with Crippen molar-refractivity contribution >= 4 is 29.1 Å². The molecule has 6 nitrogen and oxygen atoms in total. The average Bonchev–Trinajstić information content (AvgIpc) is 3.05. The Hall–Kier alpha value is -1.89. The molecule has 0 bridgehead atoms. The molecule has 7 heteroatoms. The van der Waals surface area contributed by atoms with Gasteiger partial charge in [-0.1, -0.05) is 6.07 Å². The number of likely N-dealkylation sites (tertiary alicyclic amines) is 1. The van der Waals surface area contributed by atoms with Gasteiger partial charge in [0, 0.05) is 26.1 Å². The van der Waals surface area contributed by atoms with Gasteiger partial charge in [-0.15, -0.1) is 11.3 Å². The maximum Gasteiger partial charge on any atom is 0.308 e. The maximum absolute atomic E-state index is 12.3. The Kier molecular flexibility index (Phi) is 4.66. The van der Waals surface area contributed by atoms with E-state index in [9.17, 15) is 19.5 Å². The molecule has 1 aromatic rings. The molecule has 124 valence electrons. The van der Waals surface area contributed by atoms with Crippen LogP contribution in [0, 0.1) is 17.8 Å². The lowest BCUT2D eigenvalue weighted by molar-refractivity contribution is -0.142. The van der Waals surface area contributed by atoms with E-state index in [2.05, 4.69) is 5.32 Å². The van der Waals surface area contributed by atoms with Crippen molar-refractivity contribution in [3.05, 3.63) is 22.4 Å². The van der Waals surface area contributed by atoms with Crippen molar-refractivity contribution in [3.63, 3.8) is 0 Å². The number of nitrogens with zero attached hydrogens (tertiary/aromatic N) is 1. The zero-order valence-corrected chi connectivity index (χ0v) is 13.6. The van der Waals surface area contributed by atoms with E-state index in [1.165, 1.54) is 11.3 Å². The highest BCUT2D eigenvalue weighted by molar-refractivity contribution is 7.12. The predicted octanol–water partition coefficient (Wildman–Crippen LogP) is 1.44. The van der Waals surface area contributed by atoms with Gasteiger partial charge < -0.3 is 15.3 Å². The smallest absolute Gasteiger partial charge is 0.308 e. The van der Waals surface area contributed by atoms with Crippen molar-refractivity contribution in [2.45, 2.75) is 19.3 Å². The van der Waals surface area contributed by atoms with Crippen LogP contribution < -0.4 is 5.32 Å². The van der Waals surface area contributed by atoms with Crippen LogP contribution in [0.25, 0.3) is 0 Å². The third-order valence-corrected chi connectivity index (χ3v) is 5.50. The standard InChI is InChI=1S/C16H20N2O4S/c19-14(5-6-17-15(20)13-2-1-7-23-13)18-8-11(10-3-4-10)12(9-18)16(21)22/h1-2,7,10-12H,3-6,8-9H2,(H,17,20)(H,21,22)/t11-,12+/m1/s1. The van der Waals surface area contributed by atoms with E-state index in [1.54, 1.807) is 17.0 Å². The molecule has 23 heavy (non-hydrogen) atoms. The van der Waals surface area contributed by atoms with Crippen molar-refractivity contribution < 1.29 is 19.5 Å². The van der Waals surface area contributed by atoms with E-state index >= 15 is 0 Å². The molecule has 2 atom stereocenters. The fraction of sp³-hybridized carbons (Fsp3) is 0.562. The summed E-state index contributed by atoms with van der Waals surface area (Å²) in [5.41, 5.74) is 0. The van der Waals surface area contributed by atoms with Crippen LogP contribution in [-0.4, -0.2) is 47.4 Å². The predicted molar refractivity (Wildman–Crippen MR) is 85.2 cm³/mol. The van der Waals surface area contributed by atoms with Crippen LogP contribution >= 0.6 is 11.3 Å². The summed E-state index contributed by atoms with van der Waals surface area (Å²) in [4.78, 5) is 37.7. The van der Waals surface area contributed by atoms with Crippen LogP contribution in [0.5, 0.6) is 0 Å². The molecule has 2 fully saturated rings. The number of carboxylic acids is 1. The van der Waals surface area contributed by atoms with Crippen LogP contribution in [0.2, 0.25) is 0 Å². The first-order valence-corrected chi connectivity index (χ1v) is 8.76. The molecule has 2 heterocycles. The number of hydrogen-bond acceptors (Lipinski definition) is 4. The van der Waals surface area contributed by atoms with Gasteiger partial charge >= 0.3 is 5.97 Å². The minimum absolute atomic E-state index is 0.0779. The van der Waals surface area contributed by atoms with Gasteiger partial charge in [0.2, 0.25) is 5.91 Å². The SMILES string of the molecule is O=C(NCCC(=O)N1C[C@H](C(=O)O)[C@@H](C2CC2)C1)c1cccs1. The van der Waals surface area contributed by atoms with Gasteiger partial charge in [-0.05, 0) is 36.1 Å².